The lowest BCUT2D eigenvalue weighted by atomic mass is 9.65. The van der Waals surface area contributed by atoms with Crippen molar-refractivity contribution in [2.45, 2.75) is 31.7 Å². The lowest BCUT2D eigenvalue weighted by Gasteiger charge is -2.42. The van der Waals surface area contributed by atoms with Crippen LogP contribution in [-0.4, -0.2) is 37.4 Å². The van der Waals surface area contributed by atoms with Crippen LogP contribution in [0, 0.1) is 17.8 Å². The van der Waals surface area contributed by atoms with E-state index in [2.05, 4.69) is 0 Å². The van der Waals surface area contributed by atoms with E-state index in [1.54, 1.807) is 7.11 Å². The molecule has 6 atom stereocenters. The van der Waals surface area contributed by atoms with E-state index < -0.39 is 6.10 Å². The summed E-state index contributed by atoms with van der Waals surface area (Å²) in [6.07, 6.45) is -0.0613. The lowest BCUT2D eigenvalue weighted by Crippen LogP contribution is -2.50. The first-order valence-corrected chi connectivity index (χ1v) is 5.54. The second kappa shape index (κ2) is 3.20. The molecule has 0 aromatic rings. The molecule has 5 heteroatoms. The fourth-order valence-electron chi connectivity index (χ4n) is 3.43. The molecule has 2 aliphatic carbocycles. The van der Waals surface area contributed by atoms with Crippen molar-refractivity contribution in [2.24, 2.45) is 17.8 Å². The van der Waals surface area contributed by atoms with Crippen molar-refractivity contribution < 1.29 is 23.8 Å². The summed E-state index contributed by atoms with van der Waals surface area (Å²) in [5.41, 5.74) is 0. The van der Waals surface area contributed by atoms with Crippen LogP contribution in [0.4, 0.5) is 0 Å². The van der Waals surface area contributed by atoms with Crippen LogP contribution in [0.3, 0.4) is 0 Å². The minimum atomic E-state index is -0.407. The standard InChI is InChI=1S/C11H14O5/c1-4(12)15-8-5-3-6-7(5)9(14-2)10(8)16-11(6)13/h5-10H,3H2,1-2H3. The maximum absolute atomic E-state index is 11.6. The van der Waals surface area contributed by atoms with Gasteiger partial charge in [-0.2, -0.15) is 0 Å². The molecule has 88 valence electrons. The number of ether oxygens (including phenoxy) is 3. The average molecular weight is 226 g/mol. The molecule has 2 bridgehead atoms. The van der Waals surface area contributed by atoms with Crippen molar-refractivity contribution in [1.82, 2.24) is 0 Å². The second-order valence-corrected chi connectivity index (χ2v) is 4.76. The summed E-state index contributed by atoms with van der Waals surface area (Å²) in [4.78, 5) is 22.6. The van der Waals surface area contributed by atoms with Crippen LogP contribution < -0.4 is 0 Å². The maximum atomic E-state index is 11.6. The highest BCUT2D eigenvalue weighted by Gasteiger charge is 2.68. The van der Waals surface area contributed by atoms with Gasteiger partial charge >= 0.3 is 11.9 Å². The van der Waals surface area contributed by atoms with E-state index in [1.807, 2.05) is 0 Å². The van der Waals surface area contributed by atoms with Gasteiger partial charge in [0.1, 0.15) is 12.2 Å². The fraction of sp³-hybridized carbons (Fsp3) is 0.818. The minimum Gasteiger partial charge on any atom is -0.458 e. The topological polar surface area (TPSA) is 61.8 Å². The number of rotatable bonds is 2. The minimum absolute atomic E-state index is 0.0493. The molecule has 16 heavy (non-hydrogen) atoms. The summed E-state index contributed by atoms with van der Waals surface area (Å²) in [5, 5.41) is 0. The van der Waals surface area contributed by atoms with E-state index in [-0.39, 0.29) is 41.9 Å². The van der Waals surface area contributed by atoms with Crippen LogP contribution >= 0.6 is 0 Å². The summed E-state index contributed by atoms with van der Waals surface area (Å²) in [6.45, 7) is 1.38. The summed E-state index contributed by atoms with van der Waals surface area (Å²) < 4.78 is 15.9. The Labute approximate surface area is 93.0 Å². The number of esters is 2. The number of hydrogen-bond acceptors (Lipinski definition) is 5. The zero-order valence-corrected chi connectivity index (χ0v) is 9.21. The third kappa shape index (κ3) is 1.09. The van der Waals surface area contributed by atoms with Gasteiger partial charge in [0, 0.05) is 25.9 Å². The van der Waals surface area contributed by atoms with Crippen LogP contribution in [-0.2, 0) is 23.8 Å². The lowest BCUT2D eigenvalue weighted by molar-refractivity contribution is -0.186. The van der Waals surface area contributed by atoms with E-state index >= 15 is 0 Å². The van der Waals surface area contributed by atoms with Gasteiger partial charge in [-0.1, -0.05) is 0 Å². The van der Waals surface area contributed by atoms with Gasteiger partial charge in [0.05, 0.1) is 5.92 Å². The molecule has 1 saturated heterocycles. The molecule has 2 saturated carbocycles. The largest absolute Gasteiger partial charge is 0.458 e. The summed E-state index contributed by atoms with van der Waals surface area (Å²) in [6, 6.07) is 0. The predicted molar refractivity (Wildman–Crippen MR) is 51.3 cm³/mol. The van der Waals surface area contributed by atoms with E-state index in [0.717, 1.165) is 6.42 Å². The highest BCUT2D eigenvalue weighted by molar-refractivity contribution is 5.77. The molecule has 0 radical (unpaired) electrons. The molecule has 0 N–H and O–H groups in total. The monoisotopic (exact) mass is 226 g/mol. The maximum Gasteiger partial charge on any atom is 0.309 e. The molecule has 6 unspecified atom stereocenters. The highest BCUT2D eigenvalue weighted by atomic mass is 16.6. The van der Waals surface area contributed by atoms with Gasteiger partial charge in [-0.05, 0) is 6.42 Å². The van der Waals surface area contributed by atoms with Gasteiger partial charge < -0.3 is 14.2 Å². The van der Waals surface area contributed by atoms with Crippen LogP contribution in [0.5, 0.6) is 0 Å². The zero-order chi connectivity index (χ0) is 11.4. The van der Waals surface area contributed by atoms with Gasteiger partial charge in [-0.3, -0.25) is 9.59 Å². The Morgan fingerprint density at radius 2 is 2.19 bits per heavy atom. The van der Waals surface area contributed by atoms with Crippen molar-refractivity contribution in [3.05, 3.63) is 0 Å². The molecule has 1 heterocycles. The molecule has 5 nitrogen and oxygen atoms in total. The SMILES string of the molecule is COC1C2OC(=O)C3CC(C2OC(C)=O)C31. The normalized spacial score (nSPS) is 48.2. The van der Waals surface area contributed by atoms with E-state index in [0.29, 0.717) is 0 Å². The smallest absolute Gasteiger partial charge is 0.309 e. The zero-order valence-electron chi connectivity index (χ0n) is 9.21. The number of methoxy groups -OCH3 is 1. The summed E-state index contributed by atoms with van der Waals surface area (Å²) >= 11 is 0. The van der Waals surface area contributed by atoms with E-state index in [1.165, 1.54) is 6.92 Å². The van der Waals surface area contributed by atoms with Crippen molar-refractivity contribution in [3.8, 4) is 0 Å². The second-order valence-electron chi connectivity index (χ2n) is 4.76. The van der Waals surface area contributed by atoms with Gasteiger partial charge in [0.15, 0.2) is 6.10 Å². The Bertz CT molecular complexity index is 352. The fourth-order valence-corrected chi connectivity index (χ4v) is 3.43. The quantitative estimate of drug-likeness (QED) is 0.626. The molecule has 0 aromatic heterocycles. The molecule has 0 spiro atoms. The van der Waals surface area contributed by atoms with Crippen LogP contribution in [0.1, 0.15) is 13.3 Å². The molecule has 3 rings (SSSR count). The Kier molecular flexibility index (Phi) is 2.01. The number of carbonyl (C=O) groups is 2. The third-order valence-corrected chi connectivity index (χ3v) is 4.06. The van der Waals surface area contributed by atoms with E-state index in [9.17, 15) is 9.59 Å². The van der Waals surface area contributed by atoms with Crippen molar-refractivity contribution in [3.63, 3.8) is 0 Å². The first-order chi connectivity index (χ1) is 7.63. The average Bonchev–Trinajstić information content (AvgIpc) is 2.31. The van der Waals surface area contributed by atoms with Crippen LogP contribution in [0.15, 0.2) is 0 Å². The Hall–Kier alpha value is -1.10. The molecular formula is C11H14O5. The third-order valence-electron chi connectivity index (χ3n) is 4.06. The highest BCUT2D eigenvalue weighted by Crippen LogP contribution is 2.57. The molecule has 3 aliphatic rings. The predicted octanol–water partition coefficient (Wildman–Crippen LogP) is 0.124. The first kappa shape index (κ1) is 10.1. The van der Waals surface area contributed by atoms with Gasteiger partial charge in [0.2, 0.25) is 0 Å². The molecule has 0 aromatic carbocycles. The number of fused-ring (bicyclic) bond motifs is 1. The number of carbonyl (C=O) groups excluding carboxylic acids is 2. The van der Waals surface area contributed by atoms with Crippen molar-refractivity contribution in [1.29, 1.82) is 0 Å². The molecule has 0 amide bonds. The first-order valence-electron chi connectivity index (χ1n) is 5.54. The molecular weight excluding hydrogens is 212 g/mol. The molecule has 1 aliphatic heterocycles. The van der Waals surface area contributed by atoms with E-state index in [4.69, 9.17) is 14.2 Å². The molecule has 3 fully saturated rings. The van der Waals surface area contributed by atoms with Crippen LogP contribution in [0.2, 0.25) is 0 Å². The van der Waals surface area contributed by atoms with Gasteiger partial charge in [-0.15, -0.1) is 0 Å². The van der Waals surface area contributed by atoms with Crippen molar-refractivity contribution in [2.75, 3.05) is 7.11 Å². The van der Waals surface area contributed by atoms with Crippen LogP contribution in [0.25, 0.3) is 0 Å². The van der Waals surface area contributed by atoms with Gasteiger partial charge in [-0.25, -0.2) is 0 Å². The van der Waals surface area contributed by atoms with Crippen molar-refractivity contribution >= 4 is 11.9 Å². The van der Waals surface area contributed by atoms with Gasteiger partial charge in [0.25, 0.3) is 0 Å². The Morgan fingerprint density at radius 3 is 2.81 bits per heavy atom. The number of hydrogen-bond donors (Lipinski definition) is 0. The summed E-state index contributed by atoms with van der Waals surface area (Å²) in [7, 11) is 1.61. The Morgan fingerprint density at radius 1 is 1.44 bits per heavy atom. The summed E-state index contributed by atoms with van der Waals surface area (Å²) in [5.74, 6) is -0.122. The Balaban J connectivity index is 1.88.